The first-order valence-corrected chi connectivity index (χ1v) is 9.18. The molecule has 0 radical (unpaired) electrons. The lowest BCUT2D eigenvalue weighted by molar-refractivity contribution is 0.102. The second kappa shape index (κ2) is 7.23. The van der Waals surface area contributed by atoms with Crippen LogP contribution in [0.1, 0.15) is 43.1 Å². The molecular formula is C20H23N3O3. The van der Waals surface area contributed by atoms with E-state index in [2.05, 4.69) is 22.1 Å². The van der Waals surface area contributed by atoms with Crippen molar-refractivity contribution in [1.29, 1.82) is 0 Å². The number of rotatable bonds is 4. The number of hydrogen-bond donors (Lipinski definition) is 1. The maximum absolute atomic E-state index is 12.6. The monoisotopic (exact) mass is 353 g/mol. The minimum Gasteiger partial charge on any atom is -0.454 e. The summed E-state index contributed by atoms with van der Waals surface area (Å²) in [7, 11) is 0. The van der Waals surface area contributed by atoms with Crippen LogP contribution in [-0.4, -0.2) is 30.3 Å². The highest BCUT2D eigenvalue weighted by atomic mass is 16.7. The van der Waals surface area contributed by atoms with Gasteiger partial charge in [-0.05, 0) is 49.9 Å². The molecule has 1 saturated heterocycles. The summed E-state index contributed by atoms with van der Waals surface area (Å²) in [5.74, 6) is 1.11. The van der Waals surface area contributed by atoms with E-state index in [0.29, 0.717) is 28.9 Å². The zero-order valence-corrected chi connectivity index (χ0v) is 14.9. The van der Waals surface area contributed by atoms with Gasteiger partial charge in [0.1, 0.15) is 5.69 Å². The summed E-state index contributed by atoms with van der Waals surface area (Å²) in [5.41, 5.74) is 2.15. The van der Waals surface area contributed by atoms with Crippen LogP contribution in [0.5, 0.6) is 11.5 Å². The number of piperidine rings is 1. The summed E-state index contributed by atoms with van der Waals surface area (Å²) in [5, 5.41) is 2.89. The minimum absolute atomic E-state index is 0.213. The molecule has 1 fully saturated rings. The Labute approximate surface area is 153 Å². The van der Waals surface area contributed by atoms with E-state index in [1.807, 2.05) is 12.1 Å². The molecule has 2 aromatic rings. The average molecular weight is 353 g/mol. The van der Waals surface area contributed by atoms with Gasteiger partial charge in [-0.2, -0.15) is 0 Å². The zero-order chi connectivity index (χ0) is 17.9. The number of benzene rings is 1. The molecular weight excluding hydrogens is 330 g/mol. The summed E-state index contributed by atoms with van der Waals surface area (Å²) in [4.78, 5) is 19.3. The largest absolute Gasteiger partial charge is 0.454 e. The van der Waals surface area contributed by atoms with Crippen LogP contribution in [0.25, 0.3) is 0 Å². The van der Waals surface area contributed by atoms with Gasteiger partial charge in [0.25, 0.3) is 5.91 Å². The number of carbonyl (C=O) groups excluding carboxylic acids is 1. The van der Waals surface area contributed by atoms with E-state index in [1.54, 1.807) is 24.4 Å². The molecule has 0 aliphatic carbocycles. The van der Waals surface area contributed by atoms with Gasteiger partial charge in [-0.3, -0.25) is 9.78 Å². The van der Waals surface area contributed by atoms with E-state index in [9.17, 15) is 4.79 Å². The van der Waals surface area contributed by atoms with Crippen LogP contribution < -0.4 is 19.7 Å². The molecule has 0 spiro atoms. The number of nitrogens with one attached hydrogen (secondary N) is 1. The number of amides is 1. The zero-order valence-electron chi connectivity index (χ0n) is 14.9. The molecule has 1 amide bonds. The predicted molar refractivity (Wildman–Crippen MR) is 100 cm³/mol. The van der Waals surface area contributed by atoms with Gasteiger partial charge in [0.2, 0.25) is 6.79 Å². The van der Waals surface area contributed by atoms with Crippen molar-refractivity contribution in [3.05, 3.63) is 42.2 Å². The van der Waals surface area contributed by atoms with Gasteiger partial charge in [0, 0.05) is 36.2 Å². The van der Waals surface area contributed by atoms with Crippen LogP contribution in [0.4, 0.5) is 11.4 Å². The van der Waals surface area contributed by atoms with Crippen molar-refractivity contribution in [2.45, 2.75) is 38.6 Å². The summed E-state index contributed by atoms with van der Waals surface area (Å²) in [6, 6.07) is 9.77. The van der Waals surface area contributed by atoms with E-state index >= 15 is 0 Å². The molecule has 2 aliphatic heterocycles. The van der Waals surface area contributed by atoms with Gasteiger partial charge in [0.05, 0.1) is 0 Å². The lowest BCUT2D eigenvalue weighted by Crippen LogP contribution is -2.39. The Hall–Kier alpha value is -2.76. The van der Waals surface area contributed by atoms with Crippen molar-refractivity contribution < 1.29 is 14.3 Å². The fraction of sp³-hybridized carbons (Fsp3) is 0.400. The van der Waals surface area contributed by atoms with E-state index < -0.39 is 0 Å². The molecule has 26 heavy (non-hydrogen) atoms. The summed E-state index contributed by atoms with van der Waals surface area (Å²) >= 11 is 0. The van der Waals surface area contributed by atoms with Crippen LogP contribution >= 0.6 is 0 Å². The second-order valence-electron chi connectivity index (χ2n) is 6.67. The van der Waals surface area contributed by atoms with E-state index in [4.69, 9.17) is 9.47 Å². The van der Waals surface area contributed by atoms with Gasteiger partial charge in [0.15, 0.2) is 11.5 Å². The summed E-state index contributed by atoms with van der Waals surface area (Å²) < 4.78 is 10.6. The molecule has 136 valence electrons. The number of anilines is 2. The van der Waals surface area contributed by atoms with Crippen LogP contribution in [-0.2, 0) is 0 Å². The molecule has 0 bridgehead atoms. The molecule has 1 N–H and O–H groups in total. The third-order valence-corrected chi connectivity index (χ3v) is 5.04. The Morgan fingerprint density at radius 2 is 2.12 bits per heavy atom. The molecule has 6 nitrogen and oxygen atoms in total. The Morgan fingerprint density at radius 3 is 3.00 bits per heavy atom. The highest BCUT2D eigenvalue weighted by Gasteiger charge is 2.22. The Morgan fingerprint density at radius 1 is 1.23 bits per heavy atom. The molecule has 0 saturated carbocycles. The number of ether oxygens (including phenoxy) is 2. The first-order valence-electron chi connectivity index (χ1n) is 9.18. The van der Waals surface area contributed by atoms with Crippen LogP contribution in [0, 0.1) is 0 Å². The maximum atomic E-state index is 12.6. The molecule has 3 heterocycles. The third-order valence-electron chi connectivity index (χ3n) is 5.04. The molecule has 1 aromatic heterocycles. The van der Waals surface area contributed by atoms with Crippen molar-refractivity contribution in [3.63, 3.8) is 0 Å². The molecule has 4 rings (SSSR count). The lowest BCUT2D eigenvalue weighted by atomic mass is 9.99. The summed E-state index contributed by atoms with van der Waals surface area (Å²) in [6.07, 6.45) is 6.50. The number of hydrogen-bond acceptors (Lipinski definition) is 5. The Balaban J connectivity index is 1.51. The first-order chi connectivity index (χ1) is 12.7. The molecule has 6 heteroatoms. The van der Waals surface area contributed by atoms with E-state index in [0.717, 1.165) is 18.7 Å². The highest BCUT2D eigenvalue weighted by molar-refractivity contribution is 6.03. The normalized spacial score (nSPS) is 18.7. The van der Waals surface area contributed by atoms with Gasteiger partial charge in [-0.25, -0.2) is 0 Å². The molecule has 2 aliphatic rings. The first kappa shape index (κ1) is 16.7. The van der Waals surface area contributed by atoms with Crippen molar-refractivity contribution in [1.82, 2.24) is 4.98 Å². The standard InChI is InChI=1S/C20H23N3O3/c1-2-15-5-3-4-10-23(15)16-8-9-21-17(12-16)20(24)22-14-6-7-18-19(11-14)26-13-25-18/h6-9,11-12,15H,2-5,10,13H2,1H3,(H,22,24). The fourth-order valence-electron chi connectivity index (χ4n) is 3.66. The van der Waals surface area contributed by atoms with Crippen molar-refractivity contribution >= 4 is 17.3 Å². The minimum atomic E-state index is -0.226. The number of carbonyl (C=O) groups is 1. The van der Waals surface area contributed by atoms with Crippen molar-refractivity contribution in [2.75, 3.05) is 23.6 Å². The lowest BCUT2D eigenvalue weighted by Gasteiger charge is -2.37. The fourth-order valence-corrected chi connectivity index (χ4v) is 3.66. The second-order valence-corrected chi connectivity index (χ2v) is 6.67. The van der Waals surface area contributed by atoms with Gasteiger partial charge < -0.3 is 19.7 Å². The van der Waals surface area contributed by atoms with Gasteiger partial charge >= 0.3 is 0 Å². The highest BCUT2D eigenvalue weighted by Crippen LogP contribution is 2.34. The summed E-state index contributed by atoms with van der Waals surface area (Å²) in [6.45, 7) is 3.47. The smallest absolute Gasteiger partial charge is 0.274 e. The van der Waals surface area contributed by atoms with Gasteiger partial charge in [-0.1, -0.05) is 6.92 Å². The SMILES string of the molecule is CCC1CCCCN1c1ccnc(C(=O)Nc2ccc3c(c2)OCO3)c1. The van der Waals surface area contributed by atoms with Crippen molar-refractivity contribution in [3.8, 4) is 11.5 Å². The number of aromatic nitrogens is 1. The van der Waals surface area contributed by atoms with E-state index in [1.165, 1.54) is 19.3 Å². The Bertz CT molecular complexity index is 809. The van der Waals surface area contributed by atoms with Gasteiger partial charge in [-0.15, -0.1) is 0 Å². The molecule has 1 unspecified atom stereocenters. The molecule has 1 aromatic carbocycles. The maximum Gasteiger partial charge on any atom is 0.274 e. The number of fused-ring (bicyclic) bond motifs is 1. The van der Waals surface area contributed by atoms with Crippen molar-refractivity contribution in [2.24, 2.45) is 0 Å². The number of pyridine rings is 1. The third kappa shape index (κ3) is 3.31. The average Bonchev–Trinajstić information content (AvgIpc) is 3.16. The van der Waals surface area contributed by atoms with Crippen LogP contribution in [0.15, 0.2) is 36.5 Å². The Kier molecular flexibility index (Phi) is 4.65. The predicted octanol–water partition coefficient (Wildman–Crippen LogP) is 3.83. The topological polar surface area (TPSA) is 63.7 Å². The quantitative estimate of drug-likeness (QED) is 0.905. The van der Waals surface area contributed by atoms with E-state index in [-0.39, 0.29) is 12.7 Å². The van der Waals surface area contributed by atoms with Crippen LogP contribution in [0.3, 0.4) is 0 Å². The molecule has 1 atom stereocenters. The van der Waals surface area contributed by atoms with Crippen LogP contribution in [0.2, 0.25) is 0 Å². The number of nitrogens with zero attached hydrogens (tertiary/aromatic N) is 2.